The topological polar surface area (TPSA) is 110 Å². The van der Waals surface area contributed by atoms with Gasteiger partial charge < -0.3 is 18.3 Å². The molecule has 11 heteroatoms. The Bertz CT molecular complexity index is 8470. The predicted molar refractivity (Wildman–Crippen MR) is 535 cm³/mol. The second-order valence-electron chi connectivity index (χ2n) is 32.8. The van der Waals surface area contributed by atoms with E-state index in [1.165, 1.54) is 98.9 Å². The van der Waals surface area contributed by atoms with Gasteiger partial charge in [0, 0.05) is 118 Å². The lowest BCUT2D eigenvalue weighted by atomic mass is 9.98. The average molecular weight is 1660 g/mol. The standard InChI is InChI=1S/C63H41N5.C56H36N6/c1-6-16-42(17-7-1)47-28-34-57-53(38-47)55-40-49(30-36-58(55)67(57)51-24-14-5-15-25-51)50-31-37-60-56(41-50)54-39-48(43-18-8-2-9-19-43)29-35-59(54)68(60)52-32-26-46(27-33-52)63-65-61(44-20-10-3-11-21-44)64-62(66-63)45-22-12-4-13-23-45;1-4-12-37(13-5-1)39-19-23-52-49(33-39)50-35-41(21-25-53(50)62(52)46-31-43(55-57-26-10-27-58-55)30-44(32-46)56-59-28-11-29-60-56)40-20-24-51-48(34-40)47-22-18-42(38-14-6-2-7-15-38)36-54(47)61(51)45-16-8-3-9-17-45/h1-41H;1-36H. The second-order valence-corrected chi connectivity index (χ2v) is 32.8. The van der Waals surface area contributed by atoms with Crippen molar-refractivity contribution >= 4 is 87.2 Å². The summed E-state index contributed by atoms with van der Waals surface area (Å²) in [6.45, 7) is 0. The van der Waals surface area contributed by atoms with Crippen LogP contribution in [0, 0.1) is 0 Å². The molecule has 7 aromatic heterocycles. The van der Waals surface area contributed by atoms with E-state index in [-0.39, 0.29) is 0 Å². The van der Waals surface area contributed by atoms with Crippen LogP contribution < -0.4 is 0 Å². The summed E-state index contributed by atoms with van der Waals surface area (Å²) in [5.41, 5.74) is 32.2. The van der Waals surface area contributed by atoms with Gasteiger partial charge in [-0.3, -0.25) is 0 Å². The molecular formula is C119H77N11. The van der Waals surface area contributed by atoms with Gasteiger partial charge in [-0.2, -0.15) is 0 Å². The van der Waals surface area contributed by atoms with Gasteiger partial charge in [-0.25, -0.2) is 34.9 Å². The molecule has 0 radical (unpaired) electrons. The van der Waals surface area contributed by atoms with Gasteiger partial charge in [-0.15, -0.1) is 0 Å². The maximum Gasteiger partial charge on any atom is 0.164 e. The molecule has 0 saturated heterocycles. The van der Waals surface area contributed by atoms with Crippen molar-refractivity contribution in [2.45, 2.75) is 0 Å². The summed E-state index contributed by atoms with van der Waals surface area (Å²) in [5, 5.41) is 9.59. The number of benzene rings is 18. The molecule has 0 saturated carbocycles. The third-order valence-electron chi connectivity index (χ3n) is 25.1. The lowest BCUT2D eigenvalue weighted by Crippen LogP contribution is -2.00. The third kappa shape index (κ3) is 13.9. The van der Waals surface area contributed by atoms with Crippen molar-refractivity contribution < 1.29 is 0 Å². The van der Waals surface area contributed by atoms with E-state index in [0.717, 1.165) is 106 Å². The van der Waals surface area contributed by atoms with Gasteiger partial charge >= 0.3 is 0 Å². The van der Waals surface area contributed by atoms with Crippen LogP contribution in [0.2, 0.25) is 0 Å². The van der Waals surface area contributed by atoms with E-state index in [1.54, 1.807) is 24.8 Å². The van der Waals surface area contributed by atoms with Gasteiger partial charge in [0.2, 0.25) is 0 Å². The van der Waals surface area contributed by atoms with Crippen molar-refractivity contribution in [3.8, 4) is 146 Å². The van der Waals surface area contributed by atoms with Crippen LogP contribution in [0.5, 0.6) is 0 Å². The molecule has 18 aromatic carbocycles. The molecule has 0 unspecified atom stereocenters. The van der Waals surface area contributed by atoms with Gasteiger partial charge in [0.1, 0.15) is 0 Å². The average Bonchev–Trinajstić information content (AvgIpc) is 1.57. The molecule has 25 rings (SSSR count). The molecule has 608 valence electrons. The lowest BCUT2D eigenvalue weighted by molar-refractivity contribution is 1.07. The quantitative estimate of drug-likeness (QED) is 0.101. The van der Waals surface area contributed by atoms with Crippen molar-refractivity contribution in [3.63, 3.8) is 0 Å². The molecule has 11 nitrogen and oxygen atoms in total. The molecule has 130 heavy (non-hydrogen) atoms. The number of para-hydroxylation sites is 2. The molecular weight excluding hydrogens is 1580 g/mol. The van der Waals surface area contributed by atoms with Gasteiger partial charge in [-0.1, -0.05) is 273 Å². The van der Waals surface area contributed by atoms with E-state index in [1.807, 2.05) is 72.8 Å². The molecule has 0 spiro atoms. The zero-order valence-electron chi connectivity index (χ0n) is 70.4. The summed E-state index contributed by atoms with van der Waals surface area (Å²) in [6, 6.07) is 158. The van der Waals surface area contributed by atoms with Crippen molar-refractivity contribution in [2.75, 3.05) is 0 Å². The molecule has 0 atom stereocenters. The van der Waals surface area contributed by atoms with Crippen molar-refractivity contribution in [2.24, 2.45) is 0 Å². The Labute approximate surface area is 749 Å². The Morgan fingerprint density at radius 3 is 0.654 bits per heavy atom. The minimum Gasteiger partial charge on any atom is -0.309 e. The van der Waals surface area contributed by atoms with Crippen LogP contribution in [0.1, 0.15) is 0 Å². The van der Waals surface area contributed by atoms with Crippen LogP contribution in [0.3, 0.4) is 0 Å². The molecule has 0 amide bonds. The lowest BCUT2D eigenvalue weighted by Gasteiger charge is -2.13. The first-order valence-electron chi connectivity index (χ1n) is 43.8. The van der Waals surface area contributed by atoms with Crippen molar-refractivity contribution in [1.82, 2.24) is 53.2 Å². The summed E-state index contributed by atoms with van der Waals surface area (Å²) in [6.07, 6.45) is 7.11. The first-order valence-corrected chi connectivity index (χ1v) is 43.8. The monoisotopic (exact) mass is 1660 g/mol. The van der Waals surface area contributed by atoms with Crippen LogP contribution in [0.15, 0.2) is 468 Å². The van der Waals surface area contributed by atoms with Crippen LogP contribution in [-0.4, -0.2) is 53.2 Å². The predicted octanol–water partition coefficient (Wildman–Crippen LogP) is 29.9. The maximum atomic E-state index is 5.01. The maximum absolute atomic E-state index is 5.01. The van der Waals surface area contributed by atoms with Crippen LogP contribution >= 0.6 is 0 Å². The van der Waals surface area contributed by atoms with Crippen LogP contribution in [0.4, 0.5) is 0 Å². The number of rotatable bonds is 15. The summed E-state index contributed by atoms with van der Waals surface area (Å²) in [5.74, 6) is 3.19. The zero-order valence-corrected chi connectivity index (χ0v) is 70.4. The Morgan fingerprint density at radius 2 is 0.346 bits per heavy atom. The number of hydrogen-bond donors (Lipinski definition) is 0. The fourth-order valence-corrected chi connectivity index (χ4v) is 18.9. The summed E-state index contributed by atoms with van der Waals surface area (Å²) < 4.78 is 9.52. The van der Waals surface area contributed by atoms with Crippen LogP contribution in [-0.2, 0) is 0 Å². The van der Waals surface area contributed by atoms with E-state index in [2.05, 4.69) is 408 Å². The fourth-order valence-electron chi connectivity index (χ4n) is 18.9. The van der Waals surface area contributed by atoms with Crippen molar-refractivity contribution in [1.29, 1.82) is 0 Å². The second kappa shape index (κ2) is 32.5. The molecule has 25 aromatic rings. The molecule has 0 aliphatic heterocycles. The highest BCUT2D eigenvalue weighted by molar-refractivity contribution is 6.16. The van der Waals surface area contributed by atoms with E-state index in [9.17, 15) is 0 Å². The number of nitrogens with zero attached hydrogens (tertiary/aromatic N) is 11. The number of aromatic nitrogens is 11. The third-order valence-corrected chi connectivity index (χ3v) is 25.1. The minimum atomic E-state index is 0.628. The first kappa shape index (κ1) is 76.0. The Balaban J connectivity index is 0.000000145. The smallest absolute Gasteiger partial charge is 0.164 e. The molecule has 0 aliphatic rings. The van der Waals surface area contributed by atoms with Gasteiger partial charge in [0.25, 0.3) is 0 Å². The Hall–Kier alpha value is -17.7. The molecule has 0 fully saturated rings. The van der Waals surface area contributed by atoms with Crippen LogP contribution in [0.25, 0.3) is 234 Å². The Kier molecular flexibility index (Phi) is 19.0. The van der Waals surface area contributed by atoms with E-state index < -0.39 is 0 Å². The largest absolute Gasteiger partial charge is 0.309 e. The summed E-state index contributed by atoms with van der Waals surface area (Å²) in [4.78, 5) is 33.5. The normalized spacial score (nSPS) is 11.5. The molecule has 0 aliphatic carbocycles. The highest BCUT2D eigenvalue weighted by Crippen LogP contribution is 2.45. The molecule has 7 heterocycles. The summed E-state index contributed by atoms with van der Waals surface area (Å²) >= 11 is 0. The zero-order chi connectivity index (χ0) is 86.0. The van der Waals surface area contributed by atoms with E-state index >= 15 is 0 Å². The van der Waals surface area contributed by atoms with Gasteiger partial charge in [0.05, 0.1) is 44.1 Å². The fraction of sp³-hybridized carbons (Fsp3) is 0. The minimum absolute atomic E-state index is 0.628. The highest BCUT2D eigenvalue weighted by Gasteiger charge is 2.24. The Morgan fingerprint density at radius 1 is 0.123 bits per heavy atom. The summed E-state index contributed by atoms with van der Waals surface area (Å²) in [7, 11) is 0. The SMILES string of the molecule is c1ccc(-c2ccc3c(c2)c2cc(-c4ccc5c(c4)c4cc(-c6ccccc6)ccc4n5-c4ccc(-c5nc(-c6ccccc6)nc(-c6ccccc6)n5)cc4)ccc2n3-c2ccccc2)cc1.c1ccc(-c2ccc3c(c2)c2cc(-c4ccc5c(c4)c4ccc(-c6ccccc6)cc4n5-c4ccccc4)ccc2n3-c2cc(-c3ncccn3)cc(-c3ncccn3)c2)cc1. The number of fused-ring (bicyclic) bond motifs is 12. The van der Waals surface area contributed by atoms with E-state index in [4.69, 9.17) is 15.0 Å². The molecule has 0 N–H and O–H groups in total. The molecule has 0 bridgehead atoms. The van der Waals surface area contributed by atoms with E-state index in [0.29, 0.717) is 29.1 Å². The number of hydrogen-bond acceptors (Lipinski definition) is 7. The van der Waals surface area contributed by atoms with Gasteiger partial charge in [-0.05, 0) is 237 Å². The van der Waals surface area contributed by atoms with Crippen molar-refractivity contribution in [3.05, 3.63) is 468 Å². The van der Waals surface area contributed by atoms with Gasteiger partial charge in [0.15, 0.2) is 29.1 Å². The first-order chi connectivity index (χ1) is 64.4. The highest BCUT2D eigenvalue weighted by atomic mass is 15.0.